The molecule has 8 heteroatoms. The molecule has 4 rings (SSSR count). The highest BCUT2D eigenvalue weighted by molar-refractivity contribution is 8.00. The van der Waals surface area contributed by atoms with E-state index in [9.17, 15) is 4.79 Å². The fourth-order valence-corrected chi connectivity index (χ4v) is 4.34. The third kappa shape index (κ3) is 4.28. The third-order valence-corrected chi connectivity index (χ3v) is 6.07. The molecular formula is C22H21ClN4O2S. The van der Waals surface area contributed by atoms with Gasteiger partial charge in [-0.05, 0) is 49.4 Å². The summed E-state index contributed by atoms with van der Waals surface area (Å²) >= 11 is 7.54. The first-order chi connectivity index (χ1) is 14.6. The number of hydrogen-bond acceptors (Lipinski definition) is 5. The van der Waals surface area contributed by atoms with Crippen molar-refractivity contribution in [1.82, 2.24) is 14.5 Å². The van der Waals surface area contributed by atoms with Crippen molar-refractivity contribution in [1.29, 1.82) is 0 Å². The highest BCUT2D eigenvalue weighted by atomic mass is 35.5. The standard InChI is InChI=1S/C22H21ClN4O2S/c1-14(21(28)25-18-7-3-6-17-16(18)5-4-10-24-17)30-22-26-19-13-15(23)8-9-20(19)27(22)11-12-29-2/h3-10,13-14H,11-12H2,1-2H3,(H,25,28). The molecule has 1 N–H and O–H groups in total. The number of hydrogen-bond donors (Lipinski definition) is 1. The van der Waals surface area contributed by atoms with Crippen LogP contribution in [0, 0.1) is 0 Å². The number of carbonyl (C=O) groups is 1. The first kappa shape index (κ1) is 20.7. The number of nitrogens with one attached hydrogen (secondary N) is 1. The number of halogens is 1. The maximum atomic E-state index is 12.9. The van der Waals surface area contributed by atoms with Gasteiger partial charge in [0.2, 0.25) is 5.91 Å². The van der Waals surface area contributed by atoms with Crippen molar-refractivity contribution in [3.8, 4) is 0 Å². The van der Waals surface area contributed by atoms with Crippen molar-refractivity contribution < 1.29 is 9.53 Å². The molecule has 0 spiro atoms. The second-order valence-corrected chi connectivity index (χ2v) is 8.54. The predicted molar refractivity (Wildman–Crippen MR) is 122 cm³/mol. The molecule has 0 radical (unpaired) electrons. The molecule has 30 heavy (non-hydrogen) atoms. The number of ether oxygens (including phenoxy) is 1. The van der Waals surface area contributed by atoms with E-state index in [0.717, 1.165) is 32.8 Å². The highest BCUT2D eigenvalue weighted by Crippen LogP contribution is 2.30. The van der Waals surface area contributed by atoms with Gasteiger partial charge < -0.3 is 14.6 Å². The lowest BCUT2D eigenvalue weighted by Gasteiger charge is -2.14. The Labute approximate surface area is 183 Å². The monoisotopic (exact) mass is 440 g/mol. The van der Waals surface area contributed by atoms with Gasteiger partial charge in [-0.2, -0.15) is 0 Å². The molecule has 1 amide bonds. The molecule has 6 nitrogen and oxygen atoms in total. The Morgan fingerprint density at radius 3 is 2.93 bits per heavy atom. The average Bonchev–Trinajstić information content (AvgIpc) is 3.08. The number of amides is 1. The van der Waals surface area contributed by atoms with Crippen LogP contribution in [0.15, 0.2) is 59.9 Å². The normalized spacial score (nSPS) is 12.4. The van der Waals surface area contributed by atoms with Gasteiger partial charge in [0, 0.05) is 30.3 Å². The molecule has 0 saturated carbocycles. The summed E-state index contributed by atoms with van der Waals surface area (Å²) in [5, 5.41) is 4.97. The van der Waals surface area contributed by atoms with Gasteiger partial charge >= 0.3 is 0 Å². The Morgan fingerprint density at radius 2 is 2.10 bits per heavy atom. The second-order valence-electron chi connectivity index (χ2n) is 6.80. The number of benzene rings is 2. The van der Waals surface area contributed by atoms with Crippen molar-refractivity contribution >= 4 is 56.9 Å². The van der Waals surface area contributed by atoms with Gasteiger partial charge in [0.15, 0.2) is 5.16 Å². The number of rotatable bonds is 7. The number of carbonyl (C=O) groups excluding carboxylic acids is 1. The van der Waals surface area contributed by atoms with Crippen LogP contribution in [0.4, 0.5) is 5.69 Å². The molecular weight excluding hydrogens is 420 g/mol. The van der Waals surface area contributed by atoms with Crippen molar-refractivity contribution in [2.24, 2.45) is 0 Å². The van der Waals surface area contributed by atoms with Gasteiger partial charge in [0.1, 0.15) is 0 Å². The zero-order valence-electron chi connectivity index (χ0n) is 16.6. The van der Waals surface area contributed by atoms with Gasteiger partial charge in [0.05, 0.1) is 34.1 Å². The average molecular weight is 441 g/mol. The fraction of sp³-hybridized carbons (Fsp3) is 0.227. The molecule has 2 aromatic heterocycles. The van der Waals surface area contributed by atoms with Crippen LogP contribution in [0.1, 0.15) is 6.92 Å². The fourth-order valence-electron chi connectivity index (χ4n) is 3.23. The number of nitrogens with zero attached hydrogens (tertiary/aromatic N) is 3. The van der Waals surface area contributed by atoms with E-state index < -0.39 is 0 Å². The largest absolute Gasteiger partial charge is 0.383 e. The molecule has 0 aliphatic heterocycles. The summed E-state index contributed by atoms with van der Waals surface area (Å²) in [6.07, 6.45) is 1.74. The lowest BCUT2D eigenvalue weighted by atomic mass is 10.2. The van der Waals surface area contributed by atoms with E-state index in [0.29, 0.717) is 18.2 Å². The molecule has 1 atom stereocenters. The summed E-state index contributed by atoms with van der Waals surface area (Å²) < 4.78 is 7.31. The number of pyridine rings is 1. The molecule has 2 heterocycles. The van der Waals surface area contributed by atoms with Crippen LogP contribution in [-0.2, 0) is 16.1 Å². The smallest absolute Gasteiger partial charge is 0.237 e. The molecule has 0 aliphatic rings. The van der Waals surface area contributed by atoms with E-state index in [1.54, 1.807) is 13.3 Å². The molecule has 2 aromatic carbocycles. The van der Waals surface area contributed by atoms with Crippen LogP contribution in [0.3, 0.4) is 0 Å². The summed E-state index contributed by atoms with van der Waals surface area (Å²) in [5.74, 6) is -0.0975. The van der Waals surface area contributed by atoms with Crippen LogP contribution in [0.5, 0.6) is 0 Å². The Hall–Kier alpha value is -2.61. The minimum atomic E-state index is -0.356. The lowest BCUT2D eigenvalue weighted by Crippen LogP contribution is -2.23. The maximum absolute atomic E-state index is 12.9. The molecule has 154 valence electrons. The van der Waals surface area contributed by atoms with Crippen molar-refractivity contribution in [3.05, 3.63) is 59.8 Å². The topological polar surface area (TPSA) is 69.0 Å². The van der Waals surface area contributed by atoms with E-state index in [-0.39, 0.29) is 11.2 Å². The predicted octanol–water partition coefficient (Wildman–Crippen LogP) is 5.00. The van der Waals surface area contributed by atoms with Crippen molar-refractivity contribution in [2.45, 2.75) is 23.9 Å². The SMILES string of the molecule is COCCn1c(SC(C)C(=O)Nc2cccc3ncccc23)nc2cc(Cl)ccc21. The lowest BCUT2D eigenvalue weighted by molar-refractivity contribution is -0.115. The van der Waals surface area contributed by atoms with Gasteiger partial charge in [0.25, 0.3) is 0 Å². The summed E-state index contributed by atoms with van der Waals surface area (Å²) in [4.78, 5) is 22.0. The number of methoxy groups -OCH3 is 1. The second kappa shape index (κ2) is 9.04. The highest BCUT2D eigenvalue weighted by Gasteiger charge is 2.20. The summed E-state index contributed by atoms with van der Waals surface area (Å²) in [5.41, 5.74) is 3.35. The number of aromatic nitrogens is 3. The number of fused-ring (bicyclic) bond motifs is 2. The number of imidazole rings is 1. The van der Waals surface area contributed by atoms with Crippen LogP contribution < -0.4 is 5.32 Å². The molecule has 1 unspecified atom stereocenters. The summed E-state index contributed by atoms with van der Waals surface area (Å²) in [6, 6.07) is 15.1. The molecule has 0 aliphatic carbocycles. The summed E-state index contributed by atoms with van der Waals surface area (Å²) in [7, 11) is 1.66. The minimum Gasteiger partial charge on any atom is -0.383 e. The third-order valence-electron chi connectivity index (χ3n) is 4.75. The van der Waals surface area contributed by atoms with E-state index >= 15 is 0 Å². The van der Waals surface area contributed by atoms with Gasteiger partial charge in [-0.3, -0.25) is 9.78 Å². The first-order valence-corrected chi connectivity index (χ1v) is 10.8. The molecule has 0 fully saturated rings. The van der Waals surface area contributed by atoms with Crippen LogP contribution in [0.25, 0.3) is 21.9 Å². The minimum absolute atomic E-state index is 0.0975. The molecule has 0 bridgehead atoms. The van der Waals surface area contributed by atoms with E-state index in [1.165, 1.54) is 11.8 Å². The number of anilines is 1. The van der Waals surface area contributed by atoms with Crippen LogP contribution >= 0.6 is 23.4 Å². The maximum Gasteiger partial charge on any atom is 0.237 e. The Kier molecular flexibility index (Phi) is 6.22. The van der Waals surface area contributed by atoms with Gasteiger partial charge in [-0.25, -0.2) is 4.98 Å². The number of thioether (sulfide) groups is 1. The van der Waals surface area contributed by atoms with Crippen molar-refractivity contribution in [2.75, 3.05) is 19.0 Å². The Balaban J connectivity index is 1.57. The van der Waals surface area contributed by atoms with Crippen molar-refractivity contribution in [3.63, 3.8) is 0 Å². The summed E-state index contributed by atoms with van der Waals surface area (Å²) in [6.45, 7) is 3.06. The van der Waals surface area contributed by atoms with E-state index in [4.69, 9.17) is 21.3 Å². The van der Waals surface area contributed by atoms with Gasteiger partial charge in [-0.1, -0.05) is 29.4 Å². The Bertz CT molecular complexity index is 1210. The molecule has 4 aromatic rings. The van der Waals surface area contributed by atoms with E-state index in [1.807, 2.05) is 55.5 Å². The van der Waals surface area contributed by atoms with E-state index in [2.05, 4.69) is 14.9 Å². The first-order valence-electron chi connectivity index (χ1n) is 9.53. The molecule has 0 saturated heterocycles. The zero-order chi connectivity index (χ0) is 21.1. The van der Waals surface area contributed by atoms with Crippen LogP contribution in [0.2, 0.25) is 5.02 Å². The van der Waals surface area contributed by atoms with Crippen LogP contribution in [-0.4, -0.2) is 39.4 Å². The Morgan fingerprint density at radius 1 is 1.23 bits per heavy atom. The van der Waals surface area contributed by atoms with Gasteiger partial charge in [-0.15, -0.1) is 0 Å². The quantitative estimate of drug-likeness (QED) is 0.409. The zero-order valence-corrected chi connectivity index (χ0v) is 18.2.